The fourth-order valence-corrected chi connectivity index (χ4v) is 3.62. The Bertz CT molecular complexity index is 336. The molecule has 82 valence electrons. The Morgan fingerprint density at radius 2 is 2.07 bits per heavy atom. The molecule has 0 spiro atoms. The van der Waals surface area contributed by atoms with Gasteiger partial charge in [-0.3, -0.25) is 0 Å². The van der Waals surface area contributed by atoms with Crippen molar-refractivity contribution in [2.45, 2.75) is 39.7 Å². The van der Waals surface area contributed by atoms with Crippen LogP contribution in [0.15, 0.2) is 11.8 Å². The lowest BCUT2D eigenvalue weighted by atomic mass is 9.60. The van der Waals surface area contributed by atoms with Gasteiger partial charge in [0.15, 0.2) is 0 Å². The first kappa shape index (κ1) is 10.6. The maximum Gasteiger partial charge on any atom is 0.0421 e. The predicted molar refractivity (Wildman–Crippen MR) is 64.1 cm³/mol. The smallest absolute Gasteiger partial charge is 0.0421 e. The molecule has 0 amide bonds. The third kappa shape index (κ3) is 1.39. The van der Waals surface area contributed by atoms with Gasteiger partial charge in [-0.25, -0.2) is 0 Å². The third-order valence-electron chi connectivity index (χ3n) is 4.74. The topological polar surface area (TPSA) is 12.0 Å². The average molecular weight is 203 g/mol. The summed E-state index contributed by atoms with van der Waals surface area (Å²) in [7, 11) is 0. The van der Waals surface area contributed by atoms with Gasteiger partial charge in [-0.05, 0) is 31.1 Å². The van der Waals surface area contributed by atoms with Crippen LogP contribution in [-0.2, 0) is 0 Å². The summed E-state index contributed by atoms with van der Waals surface area (Å²) in [5, 5.41) is 3.51. The summed E-state index contributed by atoms with van der Waals surface area (Å²) < 4.78 is 0. The van der Waals surface area contributed by atoms with Gasteiger partial charge in [-0.2, -0.15) is 0 Å². The van der Waals surface area contributed by atoms with Gasteiger partial charge in [-0.1, -0.05) is 26.7 Å². The summed E-state index contributed by atoms with van der Waals surface area (Å²) in [5.41, 5.74) is 1.37. The molecule has 1 N–H and O–H groups in total. The summed E-state index contributed by atoms with van der Waals surface area (Å²) in [5.74, 6) is 5.61. The van der Waals surface area contributed by atoms with E-state index in [2.05, 4.69) is 45.1 Å². The highest BCUT2D eigenvalue weighted by atomic mass is 15.0. The van der Waals surface area contributed by atoms with E-state index in [0.717, 1.165) is 11.8 Å². The number of nitrogens with one attached hydrogen (secondary N) is 1. The van der Waals surface area contributed by atoms with Crippen LogP contribution in [0.25, 0.3) is 0 Å². The number of hydrogen-bond donors (Lipinski definition) is 1. The highest BCUT2D eigenvalue weighted by molar-refractivity contribution is 5.37. The Hall–Kier alpha value is -0.900. The van der Waals surface area contributed by atoms with Crippen molar-refractivity contribution in [1.29, 1.82) is 0 Å². The summed E-state index contributed by atoms with van der Waals surface area (Å²) in [6, 6.07) is 0. The van der Waals surface area contributed by atoms with E-state index in [4.69, 9.17) is 6.42 Å². The van der Waals surface area contributed by atoms with Crippen molar-refractivity contribution in [1.82, 2.24) is 5.32 Å². The molecule has 0 radical (unpaired) electrons. The van der Waals surface area contributed by atoms with Crippen molar-refractivity contribution < 1.29 is 0 Å². The van der Waals surface area contributed by atoms with Crippen LogP contribution in [0.3, 0.4) is 0 Å². The Kier molecular flexibility index (Phi) is 2.34. The van der Waals surface area contributed by atoms with Gasteiger partial charge in [-0.15, -0.1) is 6.42 Å². The number of terminal acetylenes is 1. The van der Waals surface area contributed by atoms with Crippen LogP contribution in [0.2, 0.25) is 0 Å². The lowest BCUT2D eigenvalue weighted by Crippen LogP contribution is -2.52. The molecule has 1 aliphatic heterocycles. The molecule has 1 heterocycles. The predicted octanol–water partition coefficient (Wildman–Crippen LogP) is 2.79. The molecular formula is C14H21N. The first-order valence-electron chi connectivity index (χ1n) is 5.94. The standard InChI is InChI=1S/C14H21N/c1-6-12-8-15-14(5)7-9(2)10(3)11(4)13(12)14/h1,8-11,13,15H,7H2,2-5H3. The van der Waals surface area contributed by atoms with Crippen molar-refractivity contribution in [3.8, 4) is 12.3 Å². The Morgan fingerprint density at radius 3 is 2.67 bits per heavy atom. The largest absolute Gasteiger partial charge is 0.384 e. The van der Waals surface area contributed by atoms with Crippen molar-refractivity contribution in [2.24, 2.45) is 23.7 Å². The van der Waals surface area contributed by atoms with Crippen LogP contribution in [0, 0.1) is 36.0 Å². The minimum absolute atomic E-state index is 0.201. The number of fused-ring (bicyclic) bond motifs is 1. The zero-order valence-electron chi connectivity index (χ0n) is 10.2. The molecule has 2 rings (SSSR count). The first-order valence-corrected chi connectivity index (χ1v) is 5.94. The number of hydrogen-bond acceptors (Lipinski definition) is 1. The van der Waals surface area contributed by atoms with Crippen molar-refractivity contribution >= 4 is 0 Å². The van der Waals surface area contributed by atoms with E-state index in [-0.39, 0.29) is 5.54 Å². The molecule has 1 aliphatic carbocycles. The molecule has 0 bridgehead atoms. The fourth-order valence-electron chi connectivity index (χ4n) is 3.62. The molecule has 15 heavy (non-hydrogen) atoms. The van der Waals surface area contributed by atoms with E-state index in [1.54, 1.807) is 0 Å². The molecule has 2 aliphatic rings. The van der Waals surface area contributed by atoms with Gasteiger partial charge >= 0.3 is 0 Å². The van der Waals surface area contributed by atoms with Crippen LogP contribution in [0.4, 0.5) is 0 Å². The highest BCUT2D eigenvalue weighted by Crippen LogP contribution is 2.49. The van der Waals surface area contributed by atoms with Crippen molar-refractivity contribution in [2.75, 3.05) is 0 Å². The van der Waals surface area contributed by atoms with E-state index >= 15 is 0 Å². The van der Waals surface area contributed by atoms with Gasteiger partial charge in [0.05, 0.1) is 0 Å². The highest BCUT2D eigenvalue weighted by Gasteiger charge is 2.49. The van der Waals surface area contributed by atoms with Crippen molar-refractivity contribution in [3.63, 3.8) is 0 Å². The zero-order valence-corrected chi connectivity index (χ0v) is 10.2. The number of rotatable bonds is 0. The fraction of sp³-hybridized carbons (Fsp3) is 0.714. The third-order valence-corrected chi connectivity index (χ3v) is 4.74. The van der Waals surface area contributed by atoms with Crippen LogP contribution in [0.5, 0.6) is 0 Å². The quantitative estimate of drug-likeness (QED) is 0.597. The van der Waals surface area contributed by atoms with E-state index in [0.29, 0.717) is 11.8 Å². The molecule has 0 aromatic carbocycles. The van der Waals surface area contributed by atoms with E-state index in [1.165, 1.54) is 12.0 Å². The molecule has 0 aromatic rings. The van der Waals surface area contributed by atoms with Gasteiger partial charge in [0.2, 0.25) is 0 Å². The summed E-state index contributed by atoms with van der Waals surface area (Å²) in [6.45, 7) is 9.39. The Morgan fingerprint density at radius 1 is 1.40 bits per heavy atom. The molecule has 0 aromatic heterocycles. The lowest BCUT2D eigenvalue weighted by molar-refractivity contribution is 0.0711. The van der Waals surface area contributed by atoms with Gasteiger partial charge in [0.25, 0.3) is 0 Å². The van der Waals surface area contributed by atoms with Crippen molar-refractivity contribution in [3.05, 3.63) is 11.8 Å². The molecule has 1 nitrogen and oxygen atoms in total. The molecule has 1 fully saturated rings. The SMILES string of the molecule is C#CC1=CNC2(C)CC(C)C(C)C(C)C12. The average Bonchev–Trinajstić information content (AvgIpc) is 2.52. The maximum absolute atomic E-state index is 5.58. The second-order valence-corrected chi connectivity index (χ2v) is 5.68. The van der Waals surface area contributed by atoms with Gasteiger partial charge < -0.3 is 5.32 Å². The molecule has 5 atom stereocenters. The van der Waals surface area contributed by atoms with Crippen LogP contribution in [-0.4, -0.2) is 5.54 Å². The monoisotopic (exact) mass is 203 g/mol. The first-order chi connectivity index (χ1) is 6.99. The molecule has 5 unspecified atom stereocenters. The van der Waals surface area contributed by atoms with Crippen LogP contribution < -0.4 is 5.32 Å². The van der Waals surface area contributed by atoms with Crippen LogP contribution in [0.1, 0.15) is 34.1 Å². The normalized spacial score (nSPS) is 48.9. The summed E-state index contributed by atoms with van der Waals surface area (Å²) in [4.78, 5) is 0. The molecule has 1 saturated carbocycles. The Labute approximate surface area is 93.3 Å². The van der Waals surface area contributed by atoms with E-state index < -0.39 is 0 Å². The Balaban J connectivity index is 2.34. The minimum Gasteiger partial charge on any atom is -0.384 e. The molecular weight excluding hydrogens is 182 g/mol. The van der Waals surface area contributed by atoms with E-state index in [1.807, 2.05) is 0 Å². The van der Waals surface area contributed by atoms with Crippen LogP contribution >= 0.6 is 0 Å². The van der Waals surface area contributed by atoms with Gasteiger partial charge in [0, 0.05) is 23.2 Å². The second kappa shape index (κ2) is 3.30. The minimum atomic E-state index is 0.201. The summed E-state index contributed by atoms with van der Waals surface area (Å²) >= 11 is 0. The molecule has 1 heteroatoms. The summed E-state index contributed by atoms with van der Waals surface area (Å²) in [6.07, 6.45) is 8.87. The van der Waals surface area contributed by atoms with E-state index in [9.17, 15) is 0 Å². The maximum atomic E-state index is 5.58. The van der Waals surface area contributed by atoms with Gasteiger partial charge in [0.1, 0.15) is 0 Å². The lowest BCUT2D eigenvalue weighted by Gasteiger charge is -2.47. The second-order valence-electron chi connectivity index (χ2n) is 5.68. The zero-order chi connectivity index (χ0) is 11.2. The molecule has 0 saturated heterocycles.